The Balaban J connectivity index is 1.85. The fourth-order valence-corrected chi connectivity index (χ4v) is 3.33. The Morgan fingerprint density at radius 1 is 0.933 bits per heavy atom. The molecule has 156 valence electrons. The average molecular weight is 405 g/mol. The number of nitrogens with one attached hydrogen (secondary N) is 1. The fraction of sp³-hybridized carbons (Fsp3) is 0.280. The number of hydrogen-bond acceptors (Lipinski definition) is 3. The second-order valence-corrected chi connectivity index (χ2v) is 7.46. The summed E-state index contributed by atoms with van der Waals surface area (Å²) in [5.74, 6) is -0.486. The molecule has 3 rings (SSSR count). The molecule has 1 amide bonds. The van der Waals surface area contributed by atoms with Crippen molar-refractivity contribution in [2.75, 3.05) is 6.61 Å². The first kappa shape index (κ1) is 21.4. The summed E-state index contributed by atoms with van der Waals surface area (Å²) >= 11 is 0. The van der Waals surface area contributed by atoms with Crippen molar-refractivity contribution < 1.29 is 14.3 Å². The van der Waals surface area contributed by atoms with Crippen molar-refractivity contribution >= 4 is 11.9 Å². The van der Waals surface area contributed by atoms with Crippen LogP contribution >= 0.6 is 0 Å². The molecule has 0 aliphatic heterocycles. The SMILES string of the molecule is CCOC(=O)c1cc(-c2ccc(C)cc2)n(CC(=O)NCc2ccc(C)cc2)c1C. The normalized spacial score (nSPS) is 10.7. The van der Waals surface area contributed by atoms with Crippen molar-refractivity contribution in [1.29, 1.82) is 0 Å². The Labute approximate surface area is 177 Å². The number of carbonyl (C=O) groups is 2. The molecule has 0 saturated carbocycles. The highest BCUT2D eigenvalue weighted by Gasteiger charge is 2.20. The summed E-state index contributed by atoms with van der Waals surface area (Å²) in [6.45, 7) is 8.58. The maximum atomic E-state index is 12.7. The minimum Gasteiger partial charge on any atom is -0.462 e. The highest BCUT2D eigenvalue weighted by molar-refractivity contribution is 5.93. The standard InChI is InChI=1S/C25H28N2O3/c1-5-30-25(29)22-14-23(21-12-8-18(3)9-13-21)27(19(22)4)16-24(28)26-15-20-10-6-17(2)7-11-20/h6-14H,5,15-16H2,1-4H3,(H,26,28). The van der Waals surface area contributed by atoms with Gasteiger partial charge in [-0.25, -0.2) is 4.79 Å². The maximum Gasteiger partial charge on any atom is 0.339 e. The van der Waals surface area contributed by atoms with Crippen LogP contribution in [0.25, 0.3) is 11.3 Å². The van der Waals surface area contributed by atoms with Gasteiger partial charge in [-0.15, -0.1) is 0 Å². The lowest BCUT2D eigenvalue weighted by Gasteiger charge is -2.13. The molecule has 0 radical (unpaired) electrons. The van der Waals surface area contributed by atoms with Crippen LogP contribution in [0.5, 0.6) is 0 Å². The van der Waals surface area contributed by atoms with Gasteiger partial charge in [0, 0.05) is 17.9 Å². The van der Waals surface area contributed by atoms with Gasteiger partial charge in [0.25, 0.3) is 0 Å². The van der Waals surface area contributed by atoms with Crippen LogP contribution < -0.4 is 5.32 Å². The van der Waals surface area contributed by atoms with E-state index in [0.717, 1.165) is 28.1 Å². The van der Waals surface area contributed by atoms with E-state index < -0.39 is 0 Å². The average Bonchev–Trinajstić information content (AvgIpc) is 3.05. The third kappa shape index (κ3) is 4.98. The molecule has 2 aromatic carbocycles. The Morgan fingerprint density at radius 3 is 2.13 bits per heavy atom. The number of amides is 1. The van der Waals surface area contributed by atoms with Crippen LogP contribution in [0.4, 0.5) is 0 Å². The molecular weight excluding hydrogens is 376 g/mol. The Bertz CT molecular complexity index is 1030. The van der Waals surface area contributed by atoms with Gasteiger partial charge in [-0.2, -0.15) is 0 Å². The minimum absolute atomic E-state index is 0.113. The lowest BCUT2D eigenvalue weighted by atomic mass is 10.1. The summed E-state index contributed by atoms with van der Waals surface area (Å²) in [6.07, 6.45) is 0. The molecule has 5 heteroatoms. The van der Waals surface area contributed by atoms with Crippen molar-refractivity contribution in [2.45, 2.75) is 40.8 Å². The highest BCUT2D eigenvalue weighted by Crippen LogP contribution is 2.27. The Kier molecular flexibility index (Phi) is 6.72. The molecule has 0 aliphatic rings. The van der Waals surface area contributed by atoms with Crippen LogP contribution in [0.2, 0.25) is 0 Å². The van der Waals surface area contributed by atoms with Crippen molar-refractivity contribution in [3.8, 4) is 11.3 Å². The Hall–Kier alpha value is -3.34. The summed E-state index contributed by atoms with van der Waals surface area (Å²) in [4.78, 5) is 25.1. The summed E-state index contributed by atoms with van der Waals surface area (Å²) in [5, 5.41) is 2.97. The molecule has 0 spiro atoms. The van der Waals surface area contributed by atoms with Crippen molar-refractivity contribution in [2.24, 2.45) is 0 Å². The topological polar surface area (TPSA) is 60.3 Å². The third-order valence-corrected chi connectivity index (χ3v) is 5.12. The summed E-state index contributed by atoms with van der Waals surface area (Å²) in [5.41, 5.74) is 6.35. The van der Waals surface area contributed by atoms with Gasteiger partial charge in [0.05, 0.1) is 12.2 Å². The van der Waals surface area contributed by atoms with Gasteiger partial charge >= 0.3 is 5.97 Å². The second-order valence-electron chi connectivity index (χ2n) is 7.46. The minimum atomic E-state index is -0.373. The monoisotopic (exact) mass is 404 g/mol. The van der Waals surface area contributed by atoms with E-state index in [9.17, 15) is 9.59 Å². The van der Waals surface area contributed by atoms with Crippen LogP contribution in [-0.4, -0.2) is 23.1 Å². The number of aryl methyl sites for hydroxylation is 2. The van der Waals surface area contributed by atoms with Crippen LogP contribution in [0.3, 0.4) is 0 Å². The van der Waals surface area contributed by atoms with Crippen LogP contribution in [0, 0.1) is 20.8 Å². The highest BCUT2D eigenvalue weighted by atomic mass is 16.5. The van der Waals surface area contributed by atoms with E-state index in [1.807, 2.05) is 79.9 Å². The predicted molar refractivity (Wildman–Crippen MR) is 118 cm³/mol. The summed E-state index contributed by atoms with van der Waals surface area (Å²) in [6, 6.07) is 17.9. The van der Waals surface area contributed by atoms with E-state index in [1.165, 1.54) is 5.56 Å². The summed E-state index contributed by atoms with van der Waals surface area (Å²) < 4.78 is 7.08. The number of esters is 1. The number of aromatic nitrogens is 1. The van der Waals surface area contributed by atoms with E-state index in [2.05, 4.69) is 5.32 Å². The molecule has 0 fully saturated rings. The molecule has 1 aromatic heterocycles. The second kappa shape index (κ2) is 9.44. The third-order valence-electron chi connectivity index (χ3n) is 5.12. The van der Waals surface area contributed by atoms with Gasteiger partial charge in [-0.05, 0) is 44.9 Å². The van der Waals surface area contributed by atoms with E-state index in [0.29, 0.717) is 18.7 Å². The number of nitrogens with zero attached hydrogens (tertiary/aromatic N) is 1. The van der Waals surface area contributed by atoms with Gasteiger partial charge in [0.15, 0.2) is 0 Å². The number of carbonyl (C=O) groups excluding carboxylic acids is 2. The number of benzene rings is 2. The van der Waals surface area contributed by atoms with Gasteiger partial charge < -0.3 is 14.6 Å². The quantitative estimate of drug-likeness (QED) is 0.587. The van der Waals surface area contributed by atoms with Crippen molar-refractivity contribution in [3.63, 3.8) is 0 Å². The first-order valence-electron chi connectivity index (χ1n) is 10.2. The molecule has 0 aliphatic carbocycles. The van der Waals surface area contributed by atoms with Crippen molar-refractivity contribution in [1.82, 2.24) is 9.88 Å². The van der Waals surface area contributed by atoms with Crippen LogP contribution in [-0.2, 0) is 22.6 Å². The Morgan fingerprint density at radius 2 is 1.53 bits per heavy atom. The van der Waals surface area contributed by atoms with Gasteiger partial charge in [0.2, 0.25) is 5.91 Å². The lowest BCUT2D eigenvalue weighted by molar-refractivity contribution is -0.121. The zero-order valence-electron chi connectivity index (χ0n) is 18.0. The molecule has 1 heterocycles. The summed E-state index contributed by atoms with van der Waals surface area (Å²) in [7, 11) is 0. The molecule has 5 nitrogen and oxygen atoms in total. The fourth-order valence-electron chi connectivity index (χ4n) is 3.33. The molecular formula is C25H28N2O3. The zero-order valence-corrected chi connectivity index (χ0v) is 18.0. The molecule has 1 N–H and O–H groups in total. The maximum absolute atomic E-state index is 12.7. The molecule has 3 aromatic rings. The van der Waals surface area contributed by atoms with Gasteiger partial charge in [0.1, 0.15) is 6.54 Å². The molecule has 0 bridgehead atoms. The molecule has 30 heavy (non-hydrogen) atoms. The van der Waals surface area contributed by atoms with E-state index >= 15 is 0 Å². The zero-order chi connectivity index (χ0) is 21.7. The lowest BCUT2D eigenvalue weighted by Crippen LogP contribution is -2.27. The smallest absolute Gasteiger partial charge is 0.339 e. The molecule has 0 saturated heterocycles. The predicted octanol–water partition coefficient (Wildman–Crippen LogP) is 4.57. The largest absolute Gasteiger partial charge is 0.462 e. The van der Waals surface area contributed by atoms with E-state index in [1.54, 1.807) is 6.92 Å². The number of rotatable bonds is 7. The number of ether oxygens (including phenoxy) is 1. The first-order valence-corrected chi connectivity index (χ1v) is 10.2. The van der Waals surface area contributed by atoms with Crippen molar-refractivity contribution in [3.05, 3.63) is 82.5 Å². The number of hydrogen-bond donors (Lipinski definition) is 1. The molecule has 0 unspecified atom stereocenters. The van der Waals surface area contributed by atoms with E-state index in [4.69, 9.17) is 4.74 Å². The molecule has 0 atom stereocenters. The van der Waals surface area contributed by atoms with Crippen LogP contribution in [0.15, 0.2) is 54.6 Å². The van der Waals surface area contributed by atoms with Gasteiger partial charge in [-0.3, -0.25) is 4.79 Å². The first-order chi connectivity index (χ1) is 14.4. The van der Waals surface area contributed by atoms with Gasteiger partial charge in [-0.1, -0.05) is 59.7 Å². The van der Waals surface area contributed by atoms with E-state index in [-0.39, 0.29) is 18.4 Å². The van der Waals surface area contributed by atoms with Crippen LogP contribution in [0.1, 0.15) is 39.7 Å².